The number of benzene rings is 2. The van der Waals surface area contributed by atoms with Gasteiger partial charge < -0.3 is 58.3 Å². The number of aliphatic hydroxyl groups is 4. The van der Waals surface area contributed by atoms with Crippen molar-refractivity contribution >= 4 is 5.97 Å². The molecule has 13 nitrogen and oxygen atoms in total. The molecular formula is C28H32O13. The number of ether oxygens (including phenoxy) is 8. The summed E-state index contributed by atoms with van der Waals surface area (Å²) < 4.78 is 45.5. The lowest BCUT2D eigenvalue weighted by Gasteiger charge is -2.44. The number of hydrogen-bond acceptors (Lipinski definition) is 13. The topological polar surface area (TPSA) is 172 Å². The number of rotatable bonds is 7. The summed E-state index contributed by atoms with van der Waals surface area (Å²) in [6.45, 7) is -0.581. The Bertz CT molecular complexity index is 1290. The third-order valence-corrected chi connectivity index (χ3v) is 8.29. The first kappa shape index (κ1) is 27.8. The molecule has 2 aromatic carbocycles. The van der Waals surface area contributed by atoms with Gasteiger partial charge in [0.1, 0.15) is 24.4 Å². The van der Waals surface area contributed by atoms with Gasteiger partial charge in [-0.15, -0.1) is 0 Å². The fourth-order valence-corrected chi connectivity index (χ4v) is 6.29. The van der Waals surface area contributed by atoms with Gasteiger partial charge in [-0.25, -0.2) is 0 Å². The molecule has 41 heavy (non-hydrogen) atoms. The molecular weight excluding hydrogens is 544 g/mol. The normalized spacial score (nSPS) is 33.5. The van der Waals surface area contributed by atoms with E-state index in [0.717, 1.165) is 0 Å². The zero-order chi connectivity index (χ0) is 29.0. The third kappa shape index (κ3) is 4.44. The van der Waals surface area contributed by atoms with Gasteiger partial charge in [0.05, 0.1) is 46.6 Å². The Morgan fingerprint density at radius 2 is 1.51 bits per heavy atom. The Balaban J connectivity index is 1.49. The molecule has 0 amide bonds. The molecule has 0 aromatic heterocycles. The summed E-state index contributed by atoms with van der Waals surface area (Å²) in [7, 11) is 4.51. The summed E-state index contributed by atoms with van der Waals surface area (Å²) in [6, 6.07) is 7.11. The molecule has 3 heterocycles. The van der Waals surface area contributed by atoms with Crippen molar-refractivity contribution in [2.45, 2.75) is 42.7 Å². The van der Waals surface area contributed by atoms with Gasteiger partial charge in [-0.3, -0.25) is 4.79 Å². The van der Waals surface area contributed by atoms with E-state index in [4.69, 9.17) is 37.9 Å². The van der Waals surface area contributed by atoms with Crippen molar-refractivity contribution in [2.24, 2.45) is 11.8 Å². The summed E-state index contributed by atoms with van der Waals surface area (Å²) in [5.74, 6) is -0.112. The van der Waals surface area contributed by atoms with Crippen LogP contribution in [0.2, 0.25) is 0 Å². The number of cyclic esters (lactones) is 1. The second kappa shape index (κ2) is 10.8. The molecule has 6 rings (SSSR count). The van der Waals surface area contributed by atoms with E-state index in [2.05, 4.69) is 0 Å². The number of fused-ring (bicyclic) bond motifs is 3. The summed E-state index contributed by atoms with van der Waals surface area (Å²) in [5.41, 5.74) is 2.00. The lowest BCUT2D eigenvalue weighted by molar-refractivity contribution is -0.317. The second-order valence-electron chi connectivity index (χ2n) is 10.3. The molecule has 13 heteroatoms. The molecule has 9 atom stereocenters. The number of carbonyl (C=O) groups is 1. The minimum atomic E-state index is -1.63. The van der Waals surface area contributed by atoms with Crippen LogP contribution >= 0.6 is 0 Å². The van der Waals surface area contributed by atoms with Crippen LogP contribution in [-0.4, -0.2) is 98.4 Å². The van der Waals surface area contributed by atoms with E-state index in [1.54, 1.807) is 24.3 Å². The average molecular weight is 577 g/mol. The first-order valence-corrected chi connectivity index (χ1v) is 13.2. The van der Waals surface area contributed by atoms with E-state index >= 15 is 0 Å². The quantitative estimate of drug-likeness (QED) is 0.331. The van der Waals surface area contributed by atoms with Crippen molar-refractivity contribution in [1.82, 2.24) is 0 Å². The number of methoxy groups -OCH3 is 3. The molecule has 0 bridgehead atoms. The zero-order valence-corrected chi connectivity index (χ0v) is 22.6. The van der Waals surface area contributed by atoms with Crippen LogP contribution in [0.1, 0.15) is 28.7 Å². The fourth-order valence-electron chi connectivity index (χ4n) is 6.29. The van der Waals surface area contributed by atoms with E-state index < -0.39 is 67.1 Å². The first-order valence-electron chi connectivity index (χ1n) is 13.2. The lowest BCUT2D eigenvalue weighted by atomic mass is 9.66. The van der Waals surface area contributed by atoms with Gasteiger partial charge in [0.2, 0.25) is 12.5 Å². The molecule has 0 saturated carbocycles. The van der Waals surface area contributed by atoms with Gasteiger partial charge in [-0.05, 0) is 41.0 Å². The number of aliphatic hydroxyl groups excluding tert-OH is 4. The van der Waals surface area contributed by atoms with Gasteiger partial charge in [-0.2, -0.15) is 0 Å². The Morgan fingerprint density at radius 3 is 2.12 bits per heavy atom. The molecule has 4 N–H and O–H groups in total. The molecule has 2 fully saturated rings. The predicted octanol–water partition coefficient (Wildman–Crippen LogP) is 0.233. The van der Waals surface area contributed by atoms with Gasteiger partial charge in [0.15, 0.2) is 29.3 Å². The van der Waals surface area contributed by atoms with E-state index in [-0.39, 0.29) is 13.4 Å². The number of carbonyl (C=O) groups excluding carboxylic acids is 1. The highest BCUT2D eigenvalue weighted by Gasteiger charge is 2.55. The molecule has 0 radical (unpaired) electrons. The van der Waals surface area contributed by atoms with Crippen molar-refractivity contribution in [1.29, 1.82) is 0 Å². The Morgan fingerprint density at radius 1 is 0.854 bits per heavy atom. The van der Waals surface area contributed by atoms with Crippen molar-refractivity contribution in [3.05, 3.63) is 41.0 Å². The van der Waals surface area contributed by atoms with Crippen LogP contribution in [0.5, 0.6) is 28.7 Å². The first-order chi connectivity index (χ1) is 19.8. The van der Waals surface area contributed by atoms with E-state index in [1.807, 2.05) is 0 Å². The standard InChI is InChI=1S/C28H32O13/c1-34-17-4-11(5-18(35-2)26(17)36-3)20-12-6-15-16(39-10-38-15)7-13(12)25(14-9-37-27(33)21(14)20)41-28-24(32)23(31)22(30)19(8-29)40-28/h4-7,14,19-25,28-32H,8-10H2,1-3H3/t14-,19+,20+,21-,22+,23-,24+,25-,28-/m1/s1. The summed E-state index contributed by atoms with van der Waals surface area (Å²) in [4.78, 5) is 13.4. The molecule has 0 unspecified atom stereocenters. The second-order valence-corrected chi connectivity index (χ2v) is 10.3. The van der Waals surface area contributed by atoms with Crippen molar-refractivity contribution in [3.63, 3.8) is 0 Å². The summed E-state index contributed by atoms with van der Waals surface area (Å²) >= 11 is 0. The minimum absolute atomic E-state index is 0.0141. The number of esters is 1. The van der Waals surface area contributed by atoms with Crippen LogP contribution < -0.4 is 23.7 Å². The monoisotopic (exact) mass is 576 g/mol. The van der Waals surface area contributed by atoms with Crippen LogP contribution in [0.15, 0.2) is 24.3 Å². The Kier molecular flexibility index (Phi) is 7.34. The largest absolute Gasteiger partial charge is 0.493 e. The maximum atomic E-state index is 13.4. The maximum absolute atomic E-state index is 13.4. The minimum Gasteiger partial charge on any atom is -0.493 e. The highest BCUT2D eigenvalue weighted by molar-refractivity contribution is 5.79. The van der Waals surface area contributed by atoms with Crippen LogP contribution in [-0.2, 0) is 19.0 Å². The van der Waals surface area contributed by atoms with Gasteiger partial charge >= 0.3 is 5.97 Å². The molecule has 0 spiro atoms. The fraction of sp³-hybridized carbons (Fsp3) is 0.536. The van der Waals surface area contributed by atoms with E-state index in [1.165, 1.54) is 21.3 Å². The van der Waals surface area contributed by atoms with E-state index in [0.29, 0.717) is 45.4 Å². The van der Waals surface area contributed by atoms with Crippen molar-refractivity contribution in [3.8, 4) is 28.7 Å². The molecule has 222 valence electrons. The third-order valence-electron chi connectivity index (χ3n) is 8.29. The number of hydrogen-bond donors (Lipinski definition) is 4. The molecule has 3 aliphatic heterocycles. The zero-order valence-electron chi connectivity index (χ0n) is 22.6. The summed E-state index contributed by atoms with van der Waals surface area (Å²) in [5, 5.41) is 41.0. The SMILES string of the molecule is COc1cc([C@H]2c3cc4c(cc3[C@@H](O[C@H]3O[C@@H](CO)[C@H](O)[C@@H](O)[C@@H]3O)[C@@H]3COC(=O)[C@@H]23)OCO4)cc(OC)c1OC. The molecule has 1 aliphatic carbocycles. The van der Waals surface area contributed by atoms with Gasteiger partial charge in [-0.1, -0.05) is 0 Å². The molecule has 2 aromatic rings. The van der Waals surface area contributed by atoms with Crippen LogP contribution in [0.4, 0.5) is 0 Å². The highest BCUT2D eigenvalue weighted by atomic mass is 16.7. The lowest BCUT2D eigenvalue weighted by Crippen LogP contribution is -2.59. The van der Waals surface area contributed by atoms with Crippen LogP contribution in [0.3, 0.4) is 0 Å². The highest BCUT2D eigenvalue weighted by Crippen LogP contribution is 2.57. The van der Waals surface area contributed by atoms with Gasteiger partial charge in [0, 0.05) is 11.8 Å². The smallest absolute Gasteiger partial charge is 0.310 e. The van der Waals surface area contributed by atoms with Crippen molar-refractivity contribution in [2.75, 3.05) is 41.3 Å². The Hall–Kier alpha value is -3.33. The van der Waals surface area contributed by atoms with Crippen LogP contribution in [0, 0.1) is 11.8 Å². The molecule has 4 aliphatic rings. The predicted molar refractivity (Wildman–Crippen MR) is 136 cm³/mol. The molecule has 2 saturated heterocycles. The van der Waals surface area contributed by atoms with Crippen molar-refractivity contribution < 1.29 is 63.1 Å². The Labute approximate surface area is 235 Å². The maximum Gasteiger partial charge on any atom is 0.310 e. The average Bonchev–Trinajstić information content (AvgIpc) is 3.61. The van der Waals surface area contributed by atoms with E-state index in [9.17, 15) is 25.2 Å². The summed E-state index contributed by atoms with van der Waals surface area (Å²) in [6.07, 6.45) is -8.26. The van der Waals surface area contributed by atoms with Crippen LogP contribution in [0.25, 0.3) is 0 Å². The van der Waals surface area contributed by atoms with Gasteiger partial charge in [0.25, 0.3) is 0 Å².